The van der Waals surface area contributed by atoms with Crippen molar-refractivity contribution in [1.82, 2.24) is 15.3 Å². The lowest BCUT2D eigenvalue weighted by atomic mass is 9.91. The molecule has 1 fully saturated rings. The monoisotopic (exact) mass is 541 g/mol. The van der Waals surface area contributed by atoms with Crippen molar-refractivity contribution >= 4 is 23.5 Å². The number of aryl methyl sites for hydroxylation is 2. The summed E-state index contributed by atoms with van der Waals surface area (Å²) in [5.41, 5.74) is 7.80. The molecule has 0 aliphatic carbocycles. The van der Waals surface area contributed by atoms with Crippen molar-refractivity contribution in [2.75, 3.05) is 42.6 Å². The van der Waals surface area contributed by atoms with Gasteiger partial charge in [-0.05, 0) is 75.6 Å². The Labute approximate surface area is 236 Å². The van der Waals surface area contributed by atoms with Gasteiger partial charge >= 0.3 is 0 Å². The molecule has 0 atom stereocenters. The maximum atomic E-state index is 13.8. The first kappa shape index (κ1) is 27.6. The number of carbonyl (C=O) groups excluding carboxylic acids is 1. The maximum absolute atomic E-state index is 13.8. The van der Waals surface area contributed by atoms with Crippen LogP contribution in [0.4, 0.5) is 11.5 Å². The number of nitrogens with one attached hydrogen (secondary N) is 2. The predicted octanol–water partition coefficient (Wildman–Crippen LogP) is 4.84. The topological polar surface area (TPSA) is 90.6 Å². The van der Waals surface area contributed by atoms with Crippen LogP contribution in [0.5, 0.6) is 0 Å². The molecule has 1 amide bonds. The van der Waals surface area contributed by atoms with Crippen molar-refractivity contribution in [1.29, 1.82) is 0 Å². The molecule has 0 saturated carbocycles. The Hall–Kier alpha value is -3.91. The fraction of sp³-hybridized carbons (Fsp3) is 0.406. The number of carbonyl (C=O) groups is 1. The minimum Gasteiger partial charge on any atom is -0.378 e. The average molecular weight is 542 g/mol. The Balaban J connectivity index is 1.54. The molecule has 210 valence electrons. The highest BCUT2D eigenvalue weighted by Crippen LogP contribution is 2.38. The van der Waals surface area contributed by atoms with Gasteiger partial charge in [0.25, 0.3) is 11.5 Å². The molecule has 0 unspecified atom stereocenters. The third kappa shape index (κ3) is 5.68. The summed E-state index contributed by atoms with van der Waals surface area (Å²) in [6, 6.07) is 10.4. The number of amides is 1. The highest BCUT2D eigenvalue weighted by atomic mass is 16.5. The number of benzene rings is 1. The molecule has 2 aromatic heterocycles. The third-order valence-electron chi connectivity index (χ3n) is 7.85. The van der Waals surface area contributed by atoms with Gasteiger partial charge in [-0.3, -0.25) is 9.59 Å². The van der Waals surface area contributed by atoms with Crippen LogP contribution in [0.3, 0.4) is 0 Å². The number of aromatic amines is 1. The summed E-state index contributed by atoms with van der Waals surface area (Å²) in [5, 5.41) is 3.03. The summed E-state index contributed by atoms with van der Waals surface area (Å²) in [7, 11) is 0. The van der Waals surface area contributed by atoms with Gasteiger partial charge in [0.05, 0.1) is 13.2 Å². The van der Waals surface area contributed by atoms with Crippen LogP contribution in [0.25, 0.3) is 17.2 Å². The van der Waals surface area contributed by atoms with Crippen molar-refractivity contribution in [3.63, 3.8) is 0 Å². The summed E-state index contributed by atoms with van der Waals surface area (Å²) in [6.07, 6.45) is 4.96. The maximum Gasteiger partial charge on any atom is 0.253 e. The molecule has 4 heterocycles. The van der Waals surface area contributed by atoms with Crippen molar-refractivity contribution in [2.24, 2.45) is 0 Å². The van der Waals surface area contributed by atoms with Gasteiger partial charge in [-0.2, -0.15) is 0 Å². The zero-order chi connectivity index (χ0) is 28.4. The van der Waals surface area contributed by atoms with Gasteiger partial charge in [0.2, 0.25) is 0 Å². The number of fused-ring (bicyclic) bond motifs is 1. The van der Waals surface area contributed by atoms with E-state index in [0.29, 0.717) is 24.3 Å². The first-order valence-electron chi connectivity index (χ1n) is 14.2. The van der Waals surface area contributed by atoms with Crippen molar-refractivity contribution in [2.45, 2.75) is 53.6 Å². The zero-order valence-electron chi connectivity index (χ0n) is 24.1. The van der Waals surface area contributed by atoms with E-state index in [2.05, 4.69) is 59.1 Å². The Morgan fingerprint density at radius 1 is 1.12 bits per heavy atom. The van der Waals surface area contributed by atoms with Gasteiger partial charge in [0, 0.05) is 72.1 Å². The molecule has 0 bridgehead atoms. The number of rotatable bonds is 7. The smallest absolute Gasteiger partial charge is 0.253 e. The van der Waals surface area contributed by atoms with Gasteiger partial charge in [-0.15, -0.1) is 0 Å². The predicted molar refractivity (Wildman–Crippen MR) is 161 cm³/mol. The van der Waals surface area contributed by atoms with Gasteiger partial charge in [0.1, 0.15) is 5.82 Å². The molecule has 0 radical (unpaired) electrons. The van der Waals surface area contributed by atoms with Crippen LogP contribution in [-0.2, 0) is 11.3 Å². The fourth-order valence-electron chi connectivity index (χ4n) is 5.51. The number of ether oxygens (including phenoxy) is 1. The molecule has 40 heavy (non-hydrogen) atoms. The average Bonchev–Trinajstić information content (AvgIpc) is 2.95. The Morgan fingerprint density at radius 3 is 2.55 bits per heavy atom. The number of morpholine rings is 1. The lowest BCUT2D eigenvalue weighted by Gasteiger charge is -2.36. The highest BCUT2D eigenvalue weighted by Gasteiger charge is 2.26. The minimum absolute atomic E-state index is 0.160. The summed E-state index contributed by atoms with van der Waals surface area (Å²) in [4.78, 5) is 38.6. The summed E-state index contributed by atoms with van der Waals surface area (Å²) >= 11 is 0. The van der Waals surface area contributed by atoms with E-state index < -0.39 is 0 Å². The van der Waals surface area contributed by atoms with Crippen molar-refractivity contribution in [3.05, 3.63) is 80.4 Å². The number of H-pyrrole nitrogens is 1. The van der Waals surface area contributed by atoms with Crippen LogP contribution in [0.15, 0.2) is 46.9 Å². The van der Waals surface area contributed by atoms with Crippen LogP contribution in [0.1, 0.15) is 59.9 Å². The summed E-state index contributed by atoms with van der Waals surface area (Å²) in [5.74, 6) is 0.730. The number of nitrogens with zero attached hydrogens (tertiary/aromatic N) is 3. The molecule has 5 rings (SSSR count). The number of hydrogen-bond acceptors (Lipinski definition) is 6. The molecule has 8 nitrogen and oxygen atoms in total. The van der Waals surface area contributed by atoms with Gasteiger partial charge in [0.15, 0.2) is 0 Å². The Kier molecular flexibility index (Phi) is 8.07. The van der Waals surface area contributed by atoms with E-state index in [1.807, 2.05) is 38.2 Å². The number of anilines is 2. The molecule has 2 N–H and O–H groups in total. The van der Waals surface area contributed by atoms with E-state index in [1.54, 1.807) is 0 Å². The number of hydrogen-bond donors (Lipinski definition) is 2. The van der Waals surface area contributed by atoms with E-state index in [4.69, 9.17) is 9.72 Å². The van der Waals surface area contributed by atoms with Crippen LogP contribution in [0, 0.1) is 13.8 Å². The van der Waals surface area contributed by atoms with E-state index in [0.717, 1.165) is 65.5 Å². The second-order valence-corrected chi connectivity index (χ2v) is 11.0. The molecule has 8 heteroatoms. The number of pyridine rings is 2. The molecule has 1 aromatic carbocycles. The van der Waals surface area contributed by atoms with Gasteiger partial charge in [-0.1, -0.05) is 18.6 Å². The molecular formula is C32H39N5O3. The fourth-order valence-corrected chi connectivity index (χ4v) is 5.51. The number of aromatic nitrogens is 2. The first-order valence-corrected chi connectivity index (χ1v) is 14.2. The Bertz CT molecular complexity index is 1480. The second kappa shape index (κ2) is 11.7. The summed E-state index contributed by atoms with van der Waals surface area (Å²) in [6.45, 7) is 14.3. The van der Waals surface area contributed by atoms with Crippen LogP contribution in [0.2, 0.25) is 0 Å². The van der Waals surface area contributed by atoms with E-state index in [-0.39, 0.29) is 24.1 Å². The largest absolute Gasteiger partial charge is 0.378 e. The molecule has 2 aliphatic heterocycles. The van der Waals surface area contributed by atoms with Gasteiger partial charge < -0.3 is 24.8 Å². The lowest BCUT2D eigenvalue weighted by molar-refractivity contribution is 0.0950. The SMILES string of the molecule is CCC1=Cc2c(C(=O)NCc3c(C)cc(C)[nH]c3=O)cc(-c3ccc(N4CCOCC4)nc3)cc2N(C(C)C)C1. The molecule has 3 aromatic rings. The standard InChI is InChI=1S/C32H39N5O3/c1-6-23-14-26-27(31(38)34-18-28-21(4)13-22(5)35-32(28)39)15-25(16-29(26)37(19-23)20(2)3)24-7-8-30(33-17-24)36-9-11-40-12-10-36/h7-8,13-17,20H,6,9-12,18-19H2,1-5H3,(H,34,38)(H,35,39). The van der Waals surface area contributed by atoms with Crippen LogP contribution in [-0.4, -0.2) is 54.8 Å². The van der Waals surface area contributed by atoms with Gasteiger partial charge in [-0.25, -0.2) is 4.98 Å². The van der Waals surface area contributed by atoms with Crippen LogP contribution < -0.4 is 20.7 Å². The molecular weight excluding hydrogens is 502 g/mol. The quantitative estimate of drug-likeness (QED) is 0.445. The molecule has 2 aliphatic rings. The molecule has 1 saturated heterocycles. The third-order valence-corrected chi connectivity index (χ3v) is 7.85. The van der Waals surface area contributed by atoms with Crippen LogP contribution >= 0.6 is 0 Å². The Morgan fingerprint density at radius 2 is 1.90 bits per heavy atom. The van der Waals surface area contributed by atoms with Crippen molar-refractivity contribution in [3.8, 4) is 11.1 Å². The first-order chi connectivity index (χ1) is 19.2. The van der Waals surface area contributed by atoms with E-state index >= 15 is 0 Å². The molecule has 0 spiro atoms. The highest BCUT2D eigenvalue weighted by molar-refractivity contribution is 6.02. The summed E-state index contributed by atoms with van der Waals surface area (Å²) < 4.78 is 5.48. The minimum atomic E-state index is -0.201. The van der Waals surface area contributed by atoms with E-state index in [1.165, 1.54) is 5.57 Å². The lowest BCUT2D eigenvalue weighted by Crippen LogP contribution is -2.36. The van der Waals surface area contributed by atoms with Crippen molar-refractivity contribution < 1.29 is 9.53 Å². The zero-order valence-corrected chi connectivity index (χ0v) is 24.1. The second-order valence-electron chi connectivity index (χ2n) is 11.0. The normalized spacial score (nSPS) is 15.2. The van der Waals surface area contributed by atoms with E-state index in [9.17, 15) is 9.59 Å².